The van der Waals surface area contributed by atoms with Crippen LogP contribution in [0.5, 0.6) is 0 Å². The number of benzene rings is 2. The van der Waals surface area contributed by atoms with Crippen LogP contribution >= 0.6 is 0 Å². The molecule has 0 N–H and O–H groups in total. The van der Waals surface area contributed by atoms with Gasteiger partial charge in [-0.1, -0.05) is 48.6 Å². The van der Waals surface area contributed by atoms with Crippen molar-refractivity contribution >= 4 is 16.9 Å². The van der Waals surface area contributed by atoms with E-state index in [9.17, 15) is 4.79 Å². The lowest BCUT2D eigenvalue weighted by Gasteiger charge is -2.20. The quantitative estimate of drug-likeness (QED) is 0.567. The van der Waals surface area contributed by atoms with Gasteiger partial charge in [0.05, 0.1) is 11.0 Å². The second-order valence-corrected chi connectivity index (χ2v) is 6.58. The zero-order chi connectivity index (χ0) is 19.2. The Morgan fingerprint density at radius 1 is 1.07 bits per heavy atom. The van der Waals surface area contributed by atoms with Gasteiger partial charge in [0.15, 0.2) is 0 Å². The molecule has 0 radical (unpaired) electrons. The van der Waals surface area contributed by atoms with Gasteiger partial charge in [-0.25, -0.2) is 4.98 Å². The second kappa shape index (κ2) is 8.49. The summed E-state index contributed by atoms with van der Waals surface area (Å²) < 4.78 is 2.03. The van der Waals surface area contributed by atoms with E-state index in [0.717, 1.165) is 16.9 Å². The van der Waals surface area contributed by atoms with Crippen molar-refractivity contribution in [1.29, 1.82) is 0 Å². The van der Waals surface area contributed by atoms with Gasteiger partial charge in [0.25, 0.3) is 0 Å². The van der Waals surface area contributed by atoms with Crippen LogP contribution in [0, 0.1) is 6.92 Å². The first-order valence-corrected chi connectivity index (χ1v) is 9.12. The van der Waals surface area contributed by atoms with Gasteiger partial charge in [-0.2, -0.15) is 0 Å². The molecule has 0 bridgehead atoms. The van der Waals surface area contributed by atoms with Crippen LogP contribution in [0.25, 0.3) is 11.0 Å². The summed E-state index contributed by atoms with van der Waals surface area (Å²) in [7, 11) is 0. The van der Waals surface area contributed by atoms with E-state index in [-0.39, 0.29) is 12.5 Å². The van der Waals surface area contributed by atoms with E-state index in [4.69, 9.17) is 4.98 Å². The molecule has 0 fully saturated rings. The number of aromatic nitrogens is 2. The topological polar surface area (TPSA) is 38.1 Å². The van der Waals surface area contributed by atoms with Gasteiger partial charge in [0.1, 0.15) is 12.4 Å². The predicted molar refractivity (Wildman–Crippen MR) is 111 cm³/mol. The van der Waals surface area contributed by atoms with Crippen molar-refractivity contribution in [2.75, 3.05) is 13.1 Å². The number of aryl methyl sites for hydroxylation is 1. The number of amides is 1. The molecule has 0 aliphatic carbocycles. The highest BCUT2D eigenvalue weighted by atomic mass is 16.2. The SMILES string of the molecule is C=CCN(CC=C)C(=O)Cn1c(Cc2ccccc2C)nc2ccccc21. The van der Waals surface area contributed by atoms with E-state index >= 15 is 0 Å². The van der Waals surface area contributed by atoms with Crippen molar-refractivity contribution in [3.05, 3.63) is 90.8 Å². The molecule has 4 heteroatoms. The number of nitrogens with zero attached hydrogens (tertiary/aromatic N) is 3. The summed E-state index contributed by atoms with van der Waals surface area (Å²) in [5.74, 6) is 0.931. The number of imidazole rings is 1. The third-order valence-electron chi connectivity index (χ3n) is 4.69. The number of carbonyl (C=O) groups excluding carboxylic acids is 1. The highest BCUT2D eigenvalue weighted by Gasteiger charge is 2.17. The molecule has 4 nitrogen and oxygen atoms in total. The Morgan fingerprint density at radius 2 is 1.74 bits per heavy atom. The first kappa shape index (κ1) is 18.6. The number of fused-ring (bicyclic) bond motifs is 1. The highest BCUT2D eigenvalue weighted by molar-refractivity contribution is 5.81. The summed E-state index contributed by atoms with van der Waals surface area (Å²) >= 11 is 0. The van der Waals surface area contributed by atoms with Gasteiger partial charge in [-0.3, -0.25) is 4.79 Å². The van der Waals surface area contributed by atoms with Crippen molar-refractivity contribution in [3.8, 4) is 0 Å². The highest BCUT2D eigenvalue weighted by Crippen LogP contribution is 2.20. The summed E-state index contributed by atoms with van der Waals surface area (Å²) in [5.41, 5.74) is 4.33. The fourth-order valence-electron chi connectivity index (χ4n) is 3.24. The molecule has 3 aromatic rings. The fraction of sp³-hybridized carbons (Fsp3) is 0.217. The molecule has 0 atom stereocenters. The minimum atomic E-state index is 0.0315. The second-order valence-electron chi connectivity index (χ2n) is 6.58. The third-order valence-corrected chi connectivity index (χ3v) is 4.69. The van der Waals surface area contributed by atoms with Gasteiger partial charge in [0.2, 0.25) is 5.91 Å². The molecule has 0 saturated carbocycles. The molecule has 1 aromatic heterocycles. The smallest absolute Gasteiger partial charge is 0.243 e. The zero-order valence-corrected chi connectivity index (χ0v) is 15.8. The summed E-state index contributed by atoms with van der Waals surface area (Å²) in [4.78, 5) is 19.4. The molecule has 0 aliphatic rings. The number of hydrogen-bond donors (Lipinski definition) is 0. The lowest BCUT2D eigenvalue weighted by Crippen LogP contribution is -2.34. The normalized spacial score (nSPS) is 10.7. The largest absolute Gasteiger partial charge is 0.334 e. The first-order chi connectivity index (χ1) is 13.1. The summed E-state index contributed by atoms with van der Waals surface area (Å²) in [5, 5.41) is 0. The molecule has 138 valence electrons. The van der Waals surface area contributed by atoms with Gasteiger partial charge in [0, 0.05) is 19.5 Å². The molecule has 1 heterocycles. The Balaban J connectivity index is 1.97. The first-order valence-electron chi connectivity index (χ1n) is 9.12. The van der Waals surface area contributed by atoms with Gasteiger partial charge < -0.3 is 9.47 Å². The Hall–Kier alpha value is -3.14. The van der Waals surface area contributed by atoms with Crippen LogP contribution in [0.1, 0.15) is 17.0 Å². The van der Waals surface area contributed by atoms with Crippen LogP contribution in [0.3, 0.4) is 0 Å². The molecule has 2 aromatic carbocycles. The van der Waals surface area contributed by atoms with Crippen LogP contribution in [-0.4, -0.2) is 33.4 Å². The van der Waals surface area contributed by atoms with Gasteiger partial charge in [-0.15, -0.1) is 13.2 Å². The lowest BCUT2D eigenvalue weighted by molar-refractivity contribution is -0.130. The number of para-hydroxylation sites is 2. The van der Waals surface area contributed by atoms with Crippen LogP contribution < -0.4 is 0 Å². The summed E-state index contributed by atoms with van der Waals surface area (Å²) in [6.45, 7) is 10.9. The summed E-state index contributed by atoms with van der Waals surface area (Å²) in [6.07, 6.45) is 4.17. The third kappa shape index (κ3) is 4.17. The maximum absolute atomic E-state index is 12.9. The maximum atomic E-state index is 12.9. The van der Waals surface area contributed by atoms with Crippen LogP contribution in [-0.2, 0) is 17.8 Å². The molecule has 0 saturated heterocycles. The van der Waals surface area contributed by atoms with Crippen molar-refractivity contribution in [1.82, 2.24) is 14.5 Å². The number of carbonyl (C=O) groups is 1. The average Bonchev–Trinajstić information content (AvgIpc) is 3.01. The van der Waals surface area contributed by atoms with Gasteiger partial charge in [-0.05, 0) is 30.2 Å². The average molecular weight is 359 g/mol. The predicted octanol–water partition coefficient (Wildman–Crippen LogP) is 4.14. The van der Waals surface area contributed by atoms with Crippen LogP contribution in [0.15, 0.2) is 73.8 Å². The number of hydrogen-bond acceptors (Lipinski definition) is 2. The standard InChI is InChI=1S/C23H25N3O/c1-4-14-25(15-5-2)23(27)17-26-21-13-9-8-12-20(21)24-22(26)16-19-11-7-6-10-18(19)3/h4-13H,1-2,14-17H2,3H3. The molecule has 0 unspecified atom stereocenters. The van der Waals surface area contributed by atoms with E-state index in [1.54, 1.807) is 17.1 Å². The van der Waals surface area contributed by atoms with Crippen molar-refractivity contribution in [2.45, 2.75) is 19.9 Å². The molecular weight excluding hydrogens is 334 g/mol. The van der Waals surface area contributed by atoms with Crippen LogP contribution in [0.2, 0.25) is 0 Å². The van der Waals surface area contributed by atoms with Crippen LogP contribution in [0.4, 0.5) is 0 Å². The van der Waals surface area contributed by atoms with E-state index < -0.39 is 0 Å². The van der Waals surface area contributed by atoms with E-state index in [2.05, 4.69) is 32.2 Å². The summed E-state index contributed by atoms with van der Waals surface area (Å²) in [6, 6.07) is 16.2. The van der Waals surface area contributed by atoms with E-state index in [1.807, 2.05) is 41.0 Å². The van der Waals surface area contributed by atoms with E-state index in [1.165, 1.54) is 11.1 Å². The minimum Gasteiger partial charge on any atom is -0.334 e. The van der Waals surface area contributed by atoms with Gasteiger partial charge >= 0.3 is 0 Å². The van der Waals surface area contributed by atoms with E-state index in [0.29, 0.717) is 19.5 Å². The van der Waals surface area contributed by atoms with Crippen molar-refractivity contribution < 1.29 is 4.79 Å². The zero-order valence-electron chi connectivity index (χ0n) is 15.8. The molecular formula is C23H25N3O. The molecule has 3 rings (SSSR count). The maximum Gasteiger partial charge on any atom is 0.243 e. The Bertz CT molecular complexity index is 961. The molecule has 1 amide bonds. The monoisotopic (exact) mass is 359 g/mol. The Morgan fingerprint density at radius 3 is 2.44 bits per heavy atom. The number of rotatable bonds is 8. The van der Waals surface area contributed by atoms with Crippen molar-refractivity contribution in [2.24, 2.45) is 0 Å². The minimum absolute atomic E-state index is 0.0315. The Kier molecular flexibility index (Phi) is 5.87. The Labute approximate surface area is 160 Å². The lowest BCUT2D eigenvalue weighted by atomic mass is 10.1. The fourth-order valence-corrected chi connectivity index (χ4v) is 3.24. The molecule has 27 heavy (non-hydrogen) atoms. The molecule has 0 spiro atoms. The van der Waals surface area contributed by atoms with Crippen molar-refractivity contribution in [3.63, 3.8) is 0 Å². The molecule has 0 aliphatic heterocycles.